The van der Waals surface area contributed by atoms with Gasteiger partial charge in [0.15, 0.2) is 0 Å². The number of carbonyl (C=O) groups excluding carboxylic acids is 1. The van der Waals surface area contributed by atoms with E-state index >= 15 is 0 Å². The number of methoxy groups -OCH3 is 1. The fraction of sp³-hybridized carbons (Fsp3) is 0.900. The highest BCUT2D eigenvalue weighted by Crippen LogP contribution is 2.06. The quantitative estimate of drug-likeness (QED) is 0.613. The van der Waals surface area contributed by atoms with Crippen molar-refractivity contribution in [2.24, 2.45) is 0 Å². The van der Waals surface area contributed by atoms with Crippen molar-refractivity contribution < 1.29 is 17.9 Å². The van der Waals surface area contributed by atoms with Crippen molar-refractivity contribution in [2.45, 2.75) is 25.3 Å². The molecular formula is C10H21N3O4S. The van der Waals surface area contributed by atoms with Crippen LogP contribution in [0.3, 0.4) is 0 Å². The molecule has 0 atom stereocenters. The molecule has 1 rings (SSSR count). The summed E-state index contributed by atoms with van der Waals surface area (Å²) in [6.45, 7) is 1.76. The van der Waals surface area contributed by atoms with Crippen LogP contribution in [0, 0.1) is 0 Å². The Balaban J connectivity index is 2.43. The molecule has 0 aliphatic carbocycles. The number of nitrogens with one attached hydrogen (secondary N) is 2. The Hall–Kier alpha value is -0.700. The van der Waals surface area contributed by atoms with Gasteiger partial charge in [0.2, 0.25) is 0 Å². The Labute approximate surface area is 108 Å². The van der Waals surface area contributed by atoms with E-state index in [1.165, 1.54) is 14.2 Å². The maximum atomic E-state index is 11.9. The van der Waals surface area contributed by atoms with Gasteiger partial charge in [-0.3, -0.25) is 4.79 Å². The van der Waals surface area contributed by atoms with Crippen molar-refractivity contribution in [1.29, 1.82) is 0 Å². The monoisotopic (exact) mass is 279 g/mol. The molecule has 1 saturated heterocycles. The second kappa shape index (κ2) is 7.03. The third-order valence-corrected chi connectivity index (χ3v) is 4.56. The summed E-state index contributed by atoms with van der Waals surface area (Å²) in [5.41, 5.74) is 0. The minimum absolute atomic E-state index is 0.0307. The molecule has 1 heterocycles. The van der Waals surface area contributed by atoms with Gasteiger partial charge in [0.25, 0.3) is 10.2 Å². The lowest BCUT2D eigenvalue weighted by molar-refractivity contribution is -0.140. The molecule has 0 radical (unpaired) electrons. The van der Waals surface area contributed by atoms with Crippen LogP contribution in [-0.2, 0) is 19.7 Å². The Morgan fingerprint density at radius 1 is 1.44 bits per heavy atom. The third kappa shape index (κ3) is 4.89. The van der Waals surface area contributed by atoms with E-state index in [2.05, 4.69) is 14.8 Å². The lowest BCUT2D eigenvalue weighted by Gasteiger charge is -2.26. The lowest BCUT2D eigenvalue weighted by atomic mass is 10.1. The predicted molar refractivity (Wildman–Crippen MR) is 67.2 cm³/mol. The Morgan fingerprint density at radius 3 is 2.61 bits per heavy atom. The van der Waals surface area contributed by atoms with Crippen LogP contribution in [-0.4, -0.2) is 58.5 Å². The maximum absolute atomic E-state index is 11.9. The fourth-order valence-electron chi connectivity index (χ4n) is 1.71. The summed E-state index contributed by atoms with van der Waals surface area (Å²) < 4.78 is 32.1. The van der Waals surface area contributed by atoms with Crippen molar-refractivity contribution in [1.82, 2.24) is 14.3 Å². The Bertz CT molecular complexity index is 365. The molecule has 0 bridgehead atoms. The van der Waals surface area contributed by atoms with Gasteiger partial charge in [-0.05, 0) is 25.9 Å². The average molecular weight is 279 g/mol. The molecule has 0 saturated carbocycles. The van der Waals surface area contributed by atoms with E-state index < -0.39 is 16.2 Å². The normalized spacial score (nSPS) is 17.9. The summed E-state index contributed by atoms with van der Waals surface area (Å²) in [7, 11) is -0.783. The first-order chi connectivity index (χ1) is 8.45. The van der Waals surface area contributed by atoms with Gasteiger partial charge in [-0.1, -0.05) is 0 Å². The largest absolute Gasteiger partial charge is 0.469 e. The number of piperidine rings is 1. The van der Waals surface area contributed by atoms with Crippen LogP contribution in [0.15, 0.2) is 0 Å². The van der Waals surface area contributed by atoms with Gasteiger partial charge in [-0.25, -0.2) is 0 Å². The molecule has 1 aliphatic heterocycles. The zero-order chi connectivity index (χ0) is 13.6. The van der Waals surface area contributed by atoms with Gasteiger partial charge in [-0.15, -0.1) is 0 Å². The smallest absolute Gasteiger partial charge is 0.306 e. The summed E-state index contributed by atoms with van der Waals surface area (Å²) in [4.78, 5) is 11.0. The second-order valence-corrected chi connectivity index (χ2v) is 6.10. The number of hydrogen-bond donors (Lipinski definition) is 2. The van der Waals surface area contributed by atoms with Gasteiger partial charge >= 0.3 is 5.97 Å². The molecule has 0 aromatic heterocycles. The van der Waals surface area contributed by atoms with Gasteiger partial charge in [-0.2, -0.15) is 17.4 Å². The fourth-order valence-corrected chi connectivity index (χ4v) is 2.88. The van der Waals surface area contributed by atoms with Crippen molar-refractivity contribution in [3.63, 3.8) is 0 Å². The van der Waals surface area contributed by atoms with E-state index in [0.717, 1.165) is 30.2 Å². The third-order valence-electron chi connectivity index (χ3n) is 2.92. The highest BCUT2D eigenvalue weighted by molar-refractivity contribution is 7.87. The van der Waals surface area contributed by atoms with Crippen LogP contribution in [0.25, 0.3) is 0 Å². The molecule has 1 fully saturated rings. The van der Waals surface area contributed by atoms with Crippen molar-refractivity contribution in [3.05, 3.63) is 0 Å². The van der Waals surface area contributed by atoms with E-state index in [0.29, 0.717) is 0 Å². The van der Waals surface area contributed by atoms with Crippen LogP contribution < -0.4 is 10.0 Å². The average Bonchev–Trinajstić information content (AvgIpc) is 2.36. The van der Waals surface area contributed by atoms with E-state index in [-0.39, 0.29) is 19.0 Å². The van der Waals surface area contributed by atoms with Gasteiger partial charge in [0.05, 0.1) is 13.5 Å². The van der Waals surface area contributed by atoms with Crippen molar-refractivity contribution in [3.8, 4) is 0 Å². The zero-order valence-electron chi connectivity index (χ0n) is 10.8. The second-order valence-electron chi connectivity index (χ2n) is 4.29. The van der Waals surface area contributed by atoms with Crippen LogP contribution in [0.1, 0.15) is 19.3 Å². The predicted octanol–water partition coefficient (Wildman–Crippen LogP) is -0.932. The number of rotatable bonds is 6. The van der Waals surface area contributed by atoms with Crippen LogP contribution >= 0.6 is 0 Å². The highest BCUT2D eigenvalue weighted by Gasteiger charge is 2.23. The molecule has 8 heteroatoms. The first-order valence-electron chi connectivity index (χ1n) is 5.97. The number of nitrogens with zero attached hydrogens (tertiary/aromatic N) is 1. The zero-order valence-corrected chi connectivity index (χ0v) is 11.6. The molecule has 106 valence electrons. The molecule has 0 spiro atoms. The molecular weight excluding hydrogens is 258 g/mol. The molecule has 0 aromatic carbocycles. The molecule has 1 aliphatic rings. The minimum atomic E-state index is -3.52. The first-order valence-corrected chi connectivity index (χ1v) is 7.41. The van der Waals surface area contributed by atoms with Crippen molar-refractivity contribution in [2.75, 3.05) is 33.8 Å². The highest BCUT2D eigenvalue weighted by atomic mass is 32.2. The Morgan fingerprint density at radius 2 is 2.06 bits per heavy atom. The topological polar surface area (TPSA) is 87.7 Å². The first kappa shape index (κ1) is 15.4. The maximum Gasteiger partial charge on any atom is 0.306 e. The number of ether oxygens (including phenoxy) is 1. The summed E-state index contributed by atoms with van der Waals surface area (Å²) in [6, 6.07) is -0.0307. The van der Waals surface area contributed by atoms with E-state index in [1.54, 1.807) is 0 Å². The molecule has 2 N–H and O–H groups in total. The van der Waals surface area contributed by atoms with Crippen LogP contribution in [0.2, 0.25) is 0 Å². The van der Waals surface area contributed by atoms with E-state index in [9.17, 15) is 13.2 Å². The summed E-state index contributed by atoms with van der Waals surface area (Å²) >= 11 is 0. The molecule has 18 heavy (non-hydrogen) atoms. The molecule has 0 amide bonds. The molecule has 0 aromatic rings. The van der Waals surface area contributed by atoms with E-state index in [4.69, 9.17) is 0 Å². The molecule has 0 unspecified atom stereocenters. The van der Waals surface area contributed by atoms with Gasteiger partial charge in [0.1, 0.15) is 0 Å². The summed E-state index contributed by atoms with van der Waals surface area (Å²) in [5, 5.41) is 3.17. The van der Waals surface area contributed by atoms with Gasteiger partial charge < -0.3 is 10.1 Å². The standard InChI is InChI=1S/C10H21N3O4S/c1-13(8-5-10(14)17-2)18(15,16)12-9-3-6-11-7-4-9/h9,11-12H,3-8H2,1-2H3. The van der Waals surface area contributed by atoms with Crippen molar-refractivity contribution >= 4 is 16.2 Å². The van der Waals surface area contributed by atoms with Crippen LogP contribution in [0.4, 0.5) is 0 Å². The molecule has 7 nitrogen and oxygen atoms in total. The summed E-state index contributed by atoms with van der Waals surface area (Å²) in [5.74, 6) is -0.418. The minimum Gasteiger partial charge on any atom is -0.469 e. The number of carbonyl (C=O) groups is 1. The number of esters is 1. The van der Waals surface area contributed by atoms with E-state index in [1.807, 2.05) is 0 Å². The number of hydrogen-bond acceptors (Lipinski definition) is 5. The van der Waals surface area contributed by atoms with Crippen LogP contribution in [0.5, 0.6) is 0 Å². The van der Waals surface area contributed by atoms with Gasteiger partial charge in [0, 0.05) is 19.6 Å². The summed E-state index contributed by atoms with van der Waals surface area (Å²) in [6.07, 6.45) is 1.62. The Kier molecular flexibility index (Phi) is 6.00. The lowest BCUT2D eigenvalue weighted by Crippen LogP contribution is -2.48. The SMILES string of the molecule is COC(=O)CCN(C)S(=O)(=O)NC1CCNCC1.